The molecule has 2 fully saturated rings. The van der Waals surface area contributed by atoms with E-state index in [9.17, 15) is 21.6 Å². The SMILES string of the molecule is CCN(CC)C(=O)c1ccc(S(=O)(=O)N2CCN(S(=O)(=O)N3CCN(C)CC3)CC2)cc1. The van der Waals surface area contributed by atoms with E-state index < -0.39 is 20.2 Å². The summed E-state index contributed by atoms with van der Waals surface area (Å²) in [5, 5.41) is 0. The maximum atomic E-state index is 13.1. The van der Waals surface area contributed by atoms with Crippen molar-refractivity contribution < 1.29 is 21.6 Å². The number of sulfonamides is 1. The molecule has 1 aromatic rings. The van der Waals surface area contributed by atoms with Crippen molar-refractivity contribution in [2.24, 2.45) is 0 Å². The topological polar surface area (TPSA) is 102 Å². The maximum Gasteiger partial charge on any atom is 0.282 e. The standard InChI is InChI=1S/C20H33N5O5S2/c1-4-22(5-2)20(26)18-6-8-19(9-7-18)31(27,28)23-14-16-25(17-15-23)32(29,30)24-12-10-21(3)11-13-24/h6-9H,4-5,10-17H2,1-3H3. The smallest absolute Gasteiger partial charge is 0.282 e. The van der Waals surface area contributed by atoms with Crippen LogP contribution in [0, 0.1) is 0 Å². The van der Waals surface area contributed by atoms with Gasteiger partial charge in [-0.05, 0) is 45.2 Å². The Bertz CT molecular complexity index is 993. The van der Waals surface area contributed by atoms with Crippen LogP contribution in [0.3, 0.4) is 0 Å². The van der Waals surface area contributed by atoms with Crippen LogP contribution in [0.2, 0.25) is 0 Å². The summed E-state index contributed by atoms with van der Waals surface area (Å²) in [7, 11) is -5.41. The van der Waals surface area contributed by atoms with E-state index in [-0.39, 0.29) is 37.0 Å². The fourth-order valence-electron chi connectivity index (χ4n) is 3.93. The average molecular weight is 488 g/mol. The Hall–Kier alpha value is -1.57. The van der Waals surface area contributed by atoms with Gasteiger partial charge < -0.3 is 9.80 Å². The zero-order valence-corrected chi connectivity index (χ0v) is 20.6. The molecule has 2 heterocycles. The molecule has 12 heteroatoms. The lowest BCUT2D eigenvalue weighted by atomic mass is 10.2. The van der Waals surface area contributed by atoms with Crippen molar-refractivity contribution in [3.63, 3.8) is 0 Å². The van der Waals surface area contributed by atoms with Crippen LogP contribution in [0.1, 0.15) is 24.2 Å². The number of piperazine rings is 2. The van der Waals surface area contributed by atoms with Crippen LogP contribution in [-0.2, 0) is 20.2 Å². The molecular formula is C20H33N5O5S2. The zero-order valence-electron chi connectivity index (χ0n) is 19.0. The van der Waals surface area contributed by atoms with Crippen LogP contribution in [0.15, 0.2) is 29.2 Å². The van der Waals surface area contributed by atoms with Crippen molar-refractivity contribution in [1.82, 2.24) is 22.7 Å². The lowest BCUT2D eigenvalue weighted by Crippen LogP contribution is -2.57. The minimum atomic E-state index is -3.77. The molecule has 32 heavy (non-hydrogen) atoms. The minimum Gasteiger partial charge on any atom is -0.339 e. The number of likely N-dealkylation sites (N-methyl/N-ethyl adjacent to an activating group) is 1. The Morgan fingerprint density at radius 1 is 0.781 bits per heavy atom. The summed E-state index contributed by atoms with van der Waals surface area (Å²) in [5.41, 5.74) is 0.440. The van der Waals surface area contributed by atoms with Gasteiger partial charge in [0.05, 0.1) is 4.90 Å². The van der Waals surface area contributed by atoms with Crippen molar-refractivity contribution >= 4 is 26.1 Å². The molecule has 0 aliphatic carbocycles. The van der Waals surface area contributed by atoms with Crippen LogP contribution in [0.5, 0.6) is 0 Å². The number of carbonyl (C=O) groups is 1. The molecule has 2 aliphatic heterocycles. The van der Waals surface area contributed by atoms with Crippen molar-refractivity contribution in [1.29, 1.82) is 0 Å². The molecule has 180 valence electrons. The third-order valence-electron chi connectivity index (χ3n) is 6.10. The van der Waals surface area contributed by atoms with Gasteiger partial charge in [0.2, 0.25) is 10.0 Å². The third-order valence-corrected chi connectivity index (χ3v) is 10.1. The van der Waals surface area contributed by atoms with Crippen molar-refractivity contribution in [3.05, 3.63) is 29.8 Å². The Balaban J connectivity index is 1.65. The number of amides is 1. The number of benzene rings is 1. The van der Waals surface area contributed by atoms with Gasteiger partial charge in [-0.3, -0.25) is 4.79 Å². The highest BCUT2D eigenvalue weighted by atomic mass is 32.2. The van der Waals surface area contributed by atoms with E-state index in [4.69, 9.17) is 0 Å². The second-order valence-corrected chi connectivity index (χ2v) is 11.9. The molecule has 3 rings (SSSR count). The number of hydrogen-bond acceptors (Lipinski definition) is 6. The summed E-state index contributed by atoms with van der Waals surface area (Å²) in [6.45, 7) is 7.61. The highest BCUT2D eigenvalue weighted by Crippen LogP contribution is 2.21. The number of nitrogens with zero attached hydrogens (tertiary/aromatic N) is 5. The van der Waals surface area contributed by atoms with Gasteiger partial charge >= 0.3 is 0 Å². The molecular weight excluding hydrogens is 454 g/mol. The highest BCUT2D eigenvalue weighted by molar-refractivity contribution is 7.89. The van der Waals surface area contributed by atoms with Gasteiger partial charge in [0.25, 0.3) is 16.1 Å². The summed E-state index contributed by atoms with van der Waals surface area (Å²) in [5.74, 6) is -0.137. The molecule has 2 aliphatic rings. The second-order valence-electron chi connectivity index (χ2n) is 8.02. The van der Waals surface area contributed by atoms with E-state index in [0.29, 0.717) is 44.8 Å². The van der Waals surface area contributed by atoms with E-state index in [2.05, 4.69) is 4.90 Å². The molecule has 0 atom stereocenters. The normalized spacial score (nSPS) is 20.3. The highest BCUT2D eigenvalue weighted by Gasteiger charge is 2.36. The first-order chi connectivity index (χ1) is 15.1. The molecule has 2 saturated heterocycles. The van der Waals surface area contributed by atoms with Gasteiger partial charge in [0, 0.05) is 71.0 Å². The predicted octanol–water partition coefficient (Wildman–Crippen LogP) is -0.0329. The maximum absolute atomic E-state index is 13.1. The Morgan fingerprint density at radius 2 is 1.22 bits per heavy atom. The zero-order chi connectivity index (χ0) is 23.5. The van der Waals surface area contributed by atoms with Crippen molar-refractivity contribution in [2.75, 3.05) is 72.5 Å². The van der Waals surface area contributed by atoms with Gasteiger partial charge in [-0.2, -0.15) is 21.3 Å². The van der Waals surface area contributed by atoms with Crippen molar-refractivity contribution in [3.8, 4) is 0 Å². The first kappa shape index (κ1) is 25.1. The van der Waals surface area contributed by atoms with Gasteiger partial charge in [-0.25, -0.2) is 8.42 Å². The Labute approximate surface area is 191 Å². The fraction of sp³-hybridized carbons (Fsp3) is 0.650. The molecule has 1 amide bonds. The molecule has 0 radical (unpaired) electrons. The van der Waals surface area contributed by atoms with E-state index in [1.807, 2.05) is 20.9 Å². The summed E-state index contributed by atoms with van der Waals surface area (Å²) in [6, 6.07) is 5.95. The quantitative estimate of drug-likeness (QED) is 0.535. The Kier molecular flexibility index (Phi) is 7.94. The summed E-state index contributed by atoms with van der Waals surface area (Å²) in [6.07, 6.45) is 0. The summed E-state index contributed by atoms with van der Waals surface area (Å²) >= 11 is 0. The molecule has 10 nitrogen and oxygen atoms in total. The summed E-state index contributed by atoms with van der Waals surface area (Å²) in [4.78, 5) is 16.3. The van der Waals surface area contributed by atoms with E-state index in [1.165, 1.54) is 37.2 Å². The second kappa shape index (κ2) is 10.1. The number of rotatable bonds is 7. The van der Waals surface area contributed by atoms with Crippen LogP contribution >= 0.6 is 0 Å². The molecule has 0 bridgehead atoms. The average Bonchev–Trinajstić information content (AvgIpc) is 2.80. The van der Waals surface area contributed by atoms with Gasteiger partial charge in [-0.1, -0.05) is 0 Å². The fourth-order valence-corrected chi connectivity index (χ4v) is 6.93. The van der Waals surface area contributed by atoms with Gasteiger partial charge in [0.15, 0.2) is 0 Å². The number of hydrogen-bond donors (Lipinski definition) is 0. The van der Waals surface area contributed by atoms with Crippen molar-refractivity contribution in [2.45, 2.75) is 18.7 Å². The first-order valence-electron chi connectivity index (χ1n) is 10.9. The van der Waals surface area contributed by atoms with Crippen LogP contribution in [-0.4, -0.2) is 118 Å². The van der Waals surface area contributed by atoms with E-state index in [0.717, 1.165) is 0 Å². The molecule has 0 spiro atoms. The van der Waals surface area contributed by atoms with E-state index >= 15 is 0 Å². The van der Waals surface area contributed by atoms with Crippen LogP contribution < -0.4 is 0 Å². The van der Waals surface area contributed by atoms with E-state index in [1.54, 1.807) is 4.90 Å². The molecule has 0 saturated carbocycles. The first-order valence-corrected chi connectivity index (χ1v) is 13.8. The monoisotopic (exact) mass is 487 g/mol. The van der Waals surface area contributed by atoms with Gasteiger partial charge in [-0.15, -0.1) is 0 Å². The molecule has 0 aromatic heterocycles. The molecule has 0 N–H and O–H groups in total. The largest absolute Gasteiger partial charge is 0.339 e. The molecule has 1 aromatic carbocycles. The predicted molar refractivity (Wildman–Crippen MR) is 122 cm³/mol. The third kappa shape index (κ3) is 5.15. The van der Waals surface area contributed by atoms with Crippen LogP contribution in [0.25, 0.3) is 0 Å². The number of carbonyl (C=O) groups excluding carboxylic acids is 1. The van der Waals surface area contributed by atoms with Gasteiger partial charge in [0.1, 0.15) is 0 Å². The summed E-state index contributed by atoms with van der Waals surface area (Å²) < 4.78 is 56.1. The minimum absolute atomic E-state index is 0.0927. The molecule has 0 unspecified atom stereocenters. The lowest BCUT2D eigenvalue weighted by Gasteiger charge is -2.38. The Morgan fingerprint density at radius 3 is 1.69 bits per heavy atom. The van der Waals surface area contributed by atoms with Crippen LogP contribution in [0.4, 0.5) is 0 Å². The lowest BCUT2D eigenvalue weighted by molar-refractivity contribution is 0.0773.